The molecule has 146 valence electrons. The van der Waals surface area contributed by atoms with Crippen molar-refractivity contribution in [1.82, 2.24) is 0 Å². The highest BCUT2D eigenvalue weighted by Gasteiger charge is 2.19. The first kappa shape index (κ1) is 18.4. The molecule has 3 aromatic rings. The van der Waals surface area contributed by atoms with Crippen LogP contribution in [0.1, 0.15) is 16.7 Å². The maximum atomic E-state index is 6.00. The fourth-order valence-corrected chi connectivity index (χ4v) is 3.96. The van der Waals surface area contributed by atoms with E-state index in [1.54, 1.807) is 0 Å². The maximum Gasteiger partial charge on any atom is 0.221 e. The van der Waals surface area contributed by atoms with Crippen molar-refractivity contribution in [2.24, 2.45) is 10.9 Å². The van der Waals surface area contributed by atoms with Crippen molar-refractivity contribution in [3.05, 3.63) is 125 Å². The van der Waals surface area contributed by atoms with Crippen molar-refractivity contribution in [2.75, 3.05) is 6.61 Å². The van der Waals surface area contributed by atoms with Gasteiger partial charge >= 0.3 is 0 Å². The summed E-state index contributed by atoms with van der Waals surface area (Å²) in [6, 6.07) is 23.2. The van der Waals surface area contributed by atoms with Gasteiger partial charge in [0.25, 0.3) is 0 Å². The lowest BCUT2D eigenvalue weighted by Crippen LogP contribution is -2.03. The number of hydrogen-bond acceptors (Lipinski definition) is 2. The van der Waals surface area contributed by atoms with Crippen LogP contribution >= 0.6 is 0 Å². The quantitative estimate of drug-likeness (QED) is 0.492. The molecule has 2 heteroatoms. The highest BCUT2D eigenvalue weighted by molar-refractivity contribution is 6.01. The zero-order valence-corrected chi connectivity index (χ0v) is 17.0. The molecular formula is C28H23NO. The fraction of sp³-hybridized carbons (Fsp3) is 0.107. The van der Waals surface area contributed by atoms with Crippen molar-refractivity contribution < 1.29 is 4.74 Å². The summed E-state index contributed by atoms with van der Waals surface area (Å²) < 4.78 is 6.00. The summed E-state index contributed by atoms with van der Waals surface area (Å²) in [5, 5.41) is 2.44. The monoisotopic (exact) mass is 389 g/mol. The number of aliphatic imine (C=N–C) groups is 1. The second-order valence-corrected chi connectivity index (χ2v) is 7.70. The van der Waals surface area contributed by atoms with Crippen LogP contribution in [0.2, 0.25) is 0 Å². The van der Waals surface area contributed by atoms with E-state index in [1.165, 1.54) is 27.5 Å². The topological polar surface area (TPSA) is 21.6 Å². The molecule has 30 heavy (non-hydrogen) atoms. The normalized spacial score (nSPS) is 20.7. The minimum Gasteiger partial charge on any atom is -0.471 e. The van der Waals surface area contributed by atoms with E-state index in [0.717, 1.165) is 11.3 Å². The summed E-state index contributed by atoms with van der Waals surface area (Å²) in [5.41, 5.74) is 5.67. The van der Waals surface area contributed by atoms with E-state index in [-0.39, 0.29) is 5.92 Å². The molecule has 1 heterocycles. The molecule has 1 unspecified atom stereocenters. The van der Waals surface area contributed by atoms with Crippen LogP contribution < -0.4 is 0 Å². The minimum absolute atomic E-state index is 0.189. The van der Waals surface area contributed by atoms with Crippen molar-refractivity contribution in [3.8, 4) is 0 Å². The Hall–Kier alpha value is -3.65. The van der Waals surface area contributed by atoms with Crippen LogP contribution in [0.4, 0.5) is 0 Å². The lowest BCUT2D eigenvalue weighted by Gasteiger charge is -2.13. The van der Waals surface area contributed by atoms with Crippen molar-refractivity contribution in [3.63, 3.8) is 0 Å². The Morgan fingerprint density at radius 2 is 1.70 bits per heavy atom. The smallest absolute Gasteiger partial charge is 0.221 e. The van der Waals surface area contributed by atoms with E-state index in [2.05, 4.69) is 104 Å². The van der Waals surface area contributed by atoms with Gasteiger partial charge in [0.1, 0.15) is 6.61 Å². The standard InChI is InChI=1S/C28H23NO/c1-20-15-22-11-5-8-14-25(22)18-27(20)28-29-26(19-30-28)17-24-13-7-6-12-23(24)16-21-9-3-2-4-10-21/h2-18,24H,19H2,1H3. The van der Waals surface area contributed by atoms with E-state index in [0.29, 0.717) is 12.5 Å². The van der Waals surface area contributed by atoms with Gasteiger partial charge in [0.15, 0.2) is 0 Å². The lowest BCUT2D eigenvalue weighted by atomic mass is 9.92. The molecule has 0 N–H and O–H groups in total. The Morgan fingerprint density at radius 3 is 2.53 bits per heavy atom. The van der Waals surface area contributed by atoms with Gasteiger partial charge in [-0.05, 0) is 46.5 Å². The highest BCUT2D eigenvalue weighted by atomic mass is 16.5. The van der Waals surface area contributed by atoms with Gasteiger partial charge in [-0.3, -0.25) is 0 Å². The molecule has 0 aromatic heterocycles. The third kappa shape index (κ3) is 3.77. The van der Waals surface area contributed by atoms with E-state index in [4.69, 9.17) is 9.73 Å². The Balaban J connectivity index is 1.45. The number of rotatable bonds is 3. The van der Waals surface area contributed by atoms with Crippen molar-refractivity contribution in [1.29, 1.82) is 0 Å². The zero-order valence-electron chi connectivity index (χ0n) is 17.0. The molecule has 0 saturated heterocycles. The first-order chi connectivity index (χ1) is 14.8. The largest absolute Gasteiger partial charge is 0.471 e. The summed E-state index contributed by atoms with van der Waals surface area (Å²) in [6.45, 7) is 2.62. The van der Waals surface area contributed by atoms with Crippen molar-refractivity contribution >= 4 is 22.7 Å². The molecule has 0 radical (unpaired) electrons. The predicted octanol–water partition coefficient (Wildman–Crippen LogP) is 6.63. The number of benzene rings is 3. The molecule has 0 saturated carbocycles. The van der Waals surface area contributed by atoms with Crippen molar-refractivity contribution in [2.45, 2.75) is 6.92 Å². The molecule has 0 fully saturated rings. The Kier molecular flexibility index (Phi) is 4.90. The van der Waals surface area contributed by atoms with E-state index >= 15 is 0 Å². The van der Waals surface area contributed by atoms with Crippen LogP contribution in [0.3, 0.4) is 0 Å². The third-order valence-electron chi connectivity index (χ3n) is 5.53. The predicted molar refractivity (Wildman–Crippen MR) is 125 cm³/mol. The SMILES string of the molecule is Cc1cc2ccccc2cc1C1=NC(=CC2C=CC=CC2=Cc2ccccc2)CO1. The van der Waals surface area contributed by atoms with Gasteiger partial charge in [-0.15, -0.1) is 0 Å². The van der Waals surface area contributed by atoms with E-state index in [9.17, 15) is 0 Å². The van der Waals surface area contributed by atoms with Crippen LogP contribution in [0.15, 0.2) is 113 Å². The number of hydrogen-bond donors (Lipinski definition) is 0. The average Bonchev–Trinajstić information content (AvgIpc) is 3.23. The lowest BCUT2D eigenvalue weighted by molar-refractivity contribution is 0.363. The van der Waals surface area contributed by atoms with Gasteiger partial charge in [0.2, 0.25) is 5.90 Å². The molecule has 0 amide bonds. The Labute approximate surface area is 177 Å². The highest BCUT2D eigenvalue weighted by Crippen LogP contribution is 2.28. The number of aryl methyl sites for hydroxylation is 1. The Morgan fingerprint density at radius 1 is 0.933 bits per heavy atom. The molecule has 0 bridgehead atoms. The van der Waals surface area contributed by atoms with Crippen LogP contribution in [0.25, 0.3) is 16.8 Å². The number of nitrogens with zero attached hydrogens (tertiary/aromatic N) is 1. The third-order valence-corrected chi connectivity index (χ3v) is 5.53. The summed E-state index contributed by atoms with van der Waals surface area (Å²) in [4.78, 5) is 4.83. The molecule has 1 aliphatic carbocycles. The average molecular weight is 389 g/mol. The van der Waals surface area contributed by atoms with E-state index in [1.807, 2.05) is 6.07 Å². The summed E-state index contributed by atoms with van der Waals surface area (Å²) in [7, 11) is 0. The summed E-state index contributed by atoms with van der Waals surface area (Å²) in [5.74, 6) is 0.906. The molecule has 1 aliphatic heterocycles. The number of allylic oxidation sites excluding steroid dienone is 6. The van der Waals surface area contributed by atoms with Gasteiger partial charge < -0.3 is 4.74 Å². The number of fused-ring (bicyclic) bond motifs is 1. The second kappa shape index (κ2) is 8.00. The summed E-state index contributed by atoms with van der Waals surface area (Å²) in [6.07, 6.45) is 13.0. The Bertz CT molecular complexity index is 1240. The van der Waals surface area contributed by atoms with Gasteiger partial charge in [-0.2, -0.15) is 0 Å². The molecule has 5 rings (SSSR count). The first-order valence-electron chi connectivity index (χ1n) is 10.3. The molecule has 2 aliphatic rings. The van der Waals surface area contributed by atoms with Crippen LogP contribution in [-0.4, -0.2) is 12.5 Å². The van der Waals surface area contributed by atoms with Gasteiger partial charge in [-0.1, -0.05) is 91.0 Å². The van der Waals surface area contributed by atoms with E-state index < -0.39 is 0 Å². The molecule has 0 spiro atoms. The van der Waals surface area contributed by atoms with Crippen LogP contribution in [-0.2, 0) is 4.74 Å². The molecule has 1 atom stereocenters. The molecule has 2 nitrogen and oxygen atoms in total. The molecular weight excluding hydrogens is 366 g/mol. The van der Waals surface area contributed by atoms with Gasteiger partial charge in [-0.25, -0.2) is 4.99 Å². The zero-order chi connectivity index (χ0) is 20.3. The first-order valence-corrected chi connectivity index (χ1v) is 10.3. The summed E-state index contributed by atoms with van der Waals surface area (Å²) >= 11 is 0. The van der Waals surface area contributed by atoms with Crippen LogP contribution in [0, 0.1) is 12.8 Å². The van der Waals surface area contributed by atoms with Crippen LogP contribution in [0.5, 0.6) is 0 Å². The van der Waals surface area contributed by atoms with Gasteiger partial charge in [0.05, 0.1) is 5.70 Å². The minimum atomic E-state index is 0.189. The fourth-order valence-electron chi connectivity index (χ4n) is 3.96. The molecule has 3 aromatic carbocycles. The van der Waals surface area contributed by atoms with Gasteiger partial charge in [0, 0.05) is 11.5 Å². The second-order valence-electron chi connectivity index (χ2n) is 7.70. The maximum absolute atomic E-state index is 6.00. The number of ether oxygens (including phenoxy) is 1.